The second-order valence-corrected chi connectivity index (χ2v) is 4.74. The summed E-state index contributed by atoms with van der Waals surface area (Å²) in [5.41, 5.74) is 1.87. The number of ketones is 1. The van der Waals surface area contributed by atoms with Crippen molar-refractivity contribution in [3.05, 3.63) is 28.8 Å². The number of nitrogens with one attached hydrogen (secondary N) is 1. The number of rotatable bonds is 4. The molecule has 0 aromatic carbocycles. The Morgan fingerprint density at radius 2 is 2.00 bits per heavy atom. The molecule has 2 heterocycles. The van der Waals surface area contributed by atoms with Crippen molar-refractivity contribution in [3.63, 3.8) is 0 Å². The van der Waals surface area contributed by atoms with Crippen molar-refractivity contribution >= 4 is 24.0 Å². The van der Waals surface area contributed by atoms with Crippen molar-refractivity contribution in [2.24, 2.45) is 0 Å². The molecule has 9 nitrogen and oxygen atoms in total. The average Bonchev–Trinajstić information content (AvgIpc) is 2.94. The van der Waals surface area contributed by atoms with Crippen LogP contribution in [0, 0.1) is 20.8 Å². The lowest BCUT2D eigenvalue weighted by Gasteiger charge is -2.04. The normalized spacial score (nSPS) is 9.74. The van der Waals surface area contributed by atoms with Crippen LogP contribution in [0.3, 0.4) is 0 Å². The Balaban J connectivity index is 0.000000816. The SMILES string of the molecule is CC(=O)c1c(C)nn(CC(=O)Nc2cc(C)on2)c1C.O=CO. The van der Waals surface area contributed by atoms with Gasteiger partial charge in [-0.2, -0.15) is 5.10 Å². The number of carboxylic acid groups (broad SMARTS) is 1. The molecule has 0 aliphatic carbocycles. The highest BCUT2D eigenvalue weighted by Gasteiger charge is 2.17. The van der Waals surface area contributed by atoms with E-state index in [0.29, 0.717) is 28.5 Å². The number of carbonyl (C=O) groups is 3. The quantitative estimate of drug-likeness (QED) is 0.642. The number of anilines is 1. The third kappa shape index (κ3) is 4.77. The van der Waals surface area contributed by atoms with E-state index in [1.54, 1.807) is 26.8 Å². The van der Waals surface area contributed by atoms with Gasteiger partial charge in [0.25, 0.3) is 6.47 Å². The minimum Gasteiger partial charge on any atom is -0.483 e. The number of nitrogens with zero attached hydrogens (tertiary/aromatic N) is 3. The summed E-state index contributed by atoms with van der Waals surface area (Å²) in [5.74, 6) is 0.642. The monoisotopic (exact) mass is 322 g/mol. The molecule has 0 atom stereocenters. The zero-order chi connectivity index (χ0) is 17.6. The average molecular weight is 322 g/mol. The van der Waals surface area contributed by atoms with E-state index in [0.717, 1.165) is 0 Å². The largest absolute Gasteiger partial charge is 0.483 e. The van der Waals surface area contributed by atoms with Crippen LogP contribution in [0.4, 0.5) is 5.82 Å². The predicted octanol–water partition coefficient (Wildman–Crippen LogP) is 1.34. The molecule has 0 bridgehead atoms. The minimum absolute atomic E-state index is 0.0197. The van der Waals surface area contributed by atoms with Gasteiger partial charge in [0, 0.05) is 11.8 Å². The summed E-state index contributed by atoms with van der Waals surface area (Å²) < 4.78 is 6.37. The zero-order valence-electron chi connectivity index (χ0n) is 13.3. The van der Waals surface area contributed by atoms with Gasteiger partial charge in [-0.15, -0.1) is 0 Å². The lowest BCUT2D eigenvalue weighted by atomic mass is 10.1. The van der Waals surface area contributed by atoms with Crippen molar-refractivity contribution < 1.29 is 24.0 Å². The van der Waals surface area contributed by atoms with Gasteiger partial charge in [0.1, 0.15) is 12.3 Å². The van der Waals surface area contributed by atoms with Gasteiger partial charge in [0.15, 0.2) is 11.6 Å². The minimum atomic E-state index is -0.279. The Hall–Kier alpha value is -2.97. The fraction of sp³-hybridized carbons (Fsp3) is 0.357. The summed E-state index contributed by atoms with van der Waals surface area (Å²) in [6.07, 6.45) is 0. The van der Waals surface area contributed by atoms with E-state index in [1.165, 1.54) is 11.6 Å². The van der Waals surface area contributed by atoms with Crippen LogP contribution in [0.1, 0.15) is 34.4 Å². The van der Waals surface area contributed by atoms with Crippen LogP contribution in [0.15, 0.2) is 10.6 Å². The molecule has 2 aromatic heterocycles. The summed E-state index contributed by atoms with van der Waals surface area (Å²) in [5, 5.41) is 17.4. The Labute approximate surface area is 132 Å². The summed E-state index contributed by atoms with van der Waals surface area (Å²) in [4.78, 5) is 31.8. The van der Waals surface area contributed by atoms with Crippen molar-refractivity contribution in [2.45, 2.75) is 34.2 Å². The summed E-state index contributed by atoms with van der Waals surface area (Å²) >= 11 is 0. The molecule has 0 aliphatic heterocycles. The van der Waals surface area contributed by atoms with Crippen LogP contribution in [-0.4, -0.2) is 38.2 Å². The maximum Gasteiger partial charge on any atom is 0.290 e. The molecule has 0 spiro atoms. The number of aryl methyl sites for hydroxylation is 2. The summed E-state index contributed by atoms with van der Waals surface area (Å²) in [6.45, 7) is 6.51. The molecule has 0 fully saturated rings. The van der Waals surface area contributed by atoms with E-state index in [2.05, 4.69) is 15.6 Å². The highest BCUT2D eigenvalue weighted by Crippen LogP contribution is 2.14. The van der Waals surface area contributed by atoms with E-state index >= 15 is 0 Å². The first-order valence-corrected chi connectivity index (χ1v) is 6.66. The van der Waals surface area contributed by atoms with Gasteiger partial charge in [-0.25, -0.2) is 0 Å². The first kappa shape index (κ1) is 18.1. The molecule has 1 amide bonds. The molecule has 2 N–H and O–H groups in total. The maximum absolute atomic E-state index is 11.9. The summed E-state index contributed by atoms with van der Waals surface area (Å²) in [7, 11) is 0. The number of hydrogen-bond acceptors (Lipinski definition) is 6. The number of amides is 1. The number of carbonyl (C=O) groups excluding carboxylic acids is 2. The fourth-order valence-corrected chi connectivity index (χ4v) is 2.10. The van der Waals surface area contributed by atoms with Crippen molar-refractivity contribution in [2.75, 3.05) is 5.32 Å². The second kappa shape index (κ2) is 7.87. The lowest BCUT2D eigenvalue weighted by molar-refractivity contribution is -0.123. The van der Waals surface area contributed by atoms with Gasteiger partial charge in [0.05, 0.1) is 11.3 Å². The topological polar surface area (TPSA) is 127 Å². The van der Waals surface area contributed by atoms with Crippen LogP contribution < -0.4 is 5.32 Å². The van der Waals surface area contributed by atoms with Crippen molar-refractivity contribution in [1.82, 2.24) is 14.9 Å². The highest BCUT2D eigenvalue weighted by molar-refractivity contribution is 5.96. The highest BCUT2D eigenvalue weighted by atomic mass is 16.5. The van der Waals surface area contributed by atoms with Gasteiger partial charge in [-0.05, 0) is 27.7 Å². The molecule has 0 aliphatic rings. The van der Waals surface area contributed by atoms with Gasteiger partial charge >= 0.3 is 0 Å². The van der Waals surface area contributed by atoms with Crippen molar-refractivity contribution in [3.8, 4) is 0 Å². The third-order valence-electron chi connectivity index (χ3n) is 2.92. The van der Waals surface area contributed by atoms with Gasteiger partial charge in [-0.1, -0.05) is 5.16 Å². The van der Waals surface area contributed by atoms with Crippen LogP contribution in [0.2, 0.25) is 0 Å². The Morgan fingerprint density at radius 1 is 1.39 bits per heavy atom. The molecule has 0 radical (unpaired) electrons. The molecule has 23 heavy (non-hydrogen) atoms. The van der Waals surface area contributed by atoms with Gasteiger partial charge < -0.3 is 14.9 Å². The number of aromatic nitrogens is 3. The predicted molar refractivity (Wildman–Crippen MR) is 80.3 cm³/mol. The van der Waals surface area contributed by atoms with Crippen molar-refractivity contribution in [1.29, 1.82) is 0 Å². The first-order chi connectivity index (χ1) is 10.8. The maximum atomic E-state index is 11.9. The first-order valence-electron chi connectivity index (χ1n) is 6.66. The number of Topliss-reactive ketones (excluding diaryl/α,β-unsaturated/α-hetero) is 1. The lowest BCUT2D eigenvalue weighted by Crippen LogP contribution is -2.20. The van der Waals surface area contributed by atoms with E-state index in [1.807, 2.05) is 0 Å². The van der Waals surface area contributed by atoms with E-state index in [4.69, 9.17) is 14.4 Å². The Kier molecular flexibility index (Phi) is 6.19. The van der Waals surface area contributed by atoms with E-state index in [-0.39, 0.29) is 24.7 Å². The molecular formula is C14H18N4O5. The standard InChI is InChI=1S/C13H16N4O3.CH2O2/c1-7-5-11(16-20-7)14-12(19)6-17-9(3)13(10(4)18)8(2)15-17;2-1-3/h5H,6H2,1-4H3,(H,14,16,19);1H,(H,2,3). The smallest absolute Gasteiger partial charge is 0.290 e. The van der Waals surface area contributed by atoms with Gasteiger partial charge in [-0.3, -0.25) is 19.1 Å². The Morgan fingerprint density at radius 3 is 2.43 bits per heavy atom. The van der Waals surface area contributed by atoms with Crippen LogP contribution in [0.5, 0.6) is 0 Å². The molecule has 2 rings (SSSR count). The molecular weight excluding hydrogens is 304 g/mol. The van der Waals surface area contributed by atoms with E-state index in [9.17, 15) is 9.59 Å². The van der Waals surface area contributed by atoms with Gasteiger partial charge in [0.2, 0.25) is 5.91 Å². The molecule has 9 heteroatoms. The zero-order valence-corrected chi connectivity index (χ0v) is 13.3. The van der Waals surface area contributed by atoms with E-state index < -0.39 is 0 Å². The molecule has 0 unspecified atom stereocenters. The van der Waals surface area contributed by atoms with Crippen LogP contribution in [0.25, 0.3) is 0 Å². The van der Waals surface area contributed by atoms with Crippen LogP contribution in [-0.2, 0) is 16.1 Å². The second-order valence-electron chi connectivity index (χ2n) is 4.74. The summed E-state index contributed by atoms with van der Waals surface area (Å²) in [6, 6.07) is 1.63. The number of hydrogen-bond donors (Lipinski definition) is 2. The fourth-order valence-electron chi connectivity index (χ4n) is 2.10. The molecule has 2 aromatic rings. The Bertz CT molecular complexity index is 717. The van der Waals surface area contributed by atoms with Crippen LogP contribution >= 0.6 is 0 Å². The molecule has 0 saturated carbocycles. The molecule has 124 valence electrons. The molecule has 0 saturated heterocycles. The third-order valence-corrected chi connectivity index (χ3v) is 2.92.